The fourth-order valence-corrected chi connectivity index (χ4v) is 1.42. The van der Waals surface area contributed by atoms with Crippen LogP contribution in [0.5, 0.6) is 0 Å². The number of nitrogens with zero attached hydrogens (tertiary/aromatic N) is 2. The van der Waals surface area contributed by atoms with Gasteiger partial charge in [-0.2, -0.15) is 0 Å². The molecule has 6 heteroatoms. The Morgan fingerprint density at radius 1 is 1.50 bits per heavy atom. The van der Waals surface area contributed by atoms with Crippen molar-refractivity contribution < 1.29 is 0 Å². The van der Waals surface area contributed by atoms with E-state index >= 15 is 0 Å². The molecular formula is C6H9BrN4S. The number of hydrogen-bond acceptors (Lipinski definition) is 5. The molecule has 0 fully saturated rings. The molecule has 3 N–H and O–H groups in total. The fraction of sp³-hybridized carbons (Fsp3) is 0.333. The lowest BCUT2D eigenvalue weighted by Crippen LogP contribution is -2.11. The van der Waals surface area contributed by atoms with E-state index in [1.165, 1.54) is 11.8 Å². The molecular weight excluding hydrogens is 240 g/mol. The lowest BCUT2D eigenvalue weighted by Gasteiger charge is -2.05. The minimum Gasteiger partial charge on any atom is -0.307 e. The summed E-state index contributed by atoms with van der Waals surface area (Å²) in [5.74, 6) is 5.88. The van der Waals surface area contributed by atoms with Crippen LogP contribution in [0.4, 0.5) is 5.82 Å². The van der Waals surface area contributed by atoms with E-state index in [0.717, 1.165) is 10.2 Å². The first-order chi connectivity index (χ1) is 5.69. The summed E-state index contributed by atoms with van der Waals surface area (Å²) in [6, 6.07) is 0. The Morgan fingerprint density at radius 2 is 2.17 bits per heavy atom. The van der Waals surface area contributed by atoms with Crippen LogP contribution in [0.25, 0.3) is 0 Å². The summed E-state index contributed by atoms with van der Waals surface area (Å²) in [7, 11) is 0. The zero-order valence-electron chi connectivity index (χ0n) is 6.76. The SMILES string of the molecule is CSc1nc(C)c(Br)c(NN)n1. The monoisotopic (exact) mass is 248 g/mol. The summed E-state index contributed by atoms with van der Waals surface area (Å²) < 4.78 is 0.808. The van der Waals surface area contributed by atoms with Crippen LogP contribution in [0.1, 0.15) is 5.69 Å². The van der Waals surface area contributed by atoms with Crippen molar-refractivity contribution in [2.24, 2.45) is 5.84 Å². The van der Waals surface area contributed by atoms with E-state index in [1.807, 2.05) is 13.2 Å². The maximum absolute atomic E-state index is 5.26. The molecule has 0 aliphatic heterocycles. The Labute approximate surface area is 83.5 Å². The Hall–Kier alpha value is -0.330. The summed E-state index contributed by atoms with van der Waals surface area (Å²) >= 11 is 4.81. The molecule has 0 saturated carbocycles. The first-order valence-electron chi connectivity index (χ1n) is 3.23. The summed E-state index contributed by atoms with van der Waals surface area (Å²) in [6.45, 7) is 1.90. The third kappa shape index (κ3) is 1.88. The number of halogens is 1. The first kappa shape index (κ1) is 9.76. The molecule has 0 saturated heterocycles. The average Bonchev–Trinajstić information content (AvgIpc) is 2.09. The quantitative estimate of drug-likeness (QED) is 0.360. The van der Waals surface area contributed by atoms with Gasteiger partial charge in [0.2, 0.25) is 0 Å². The van der Waals surface area contributed by atoms with Crippen molar-refractivity contribution in [1.29, 1.82) is 0 Å². The van der Waals surface area contributed by atoms with Crippen LogP contribution in [0, 0.1) is 6.92 Å². The van der Waals surface area contributed by atoms with Gasteiger partial charge in [0.15, 0.2) is 11.0 Å². The predicted octanol–water partition coefficient (Wildman–Crippen LogP) is 1.56. The largest absolute Gasteiger partial charge is 0.307 e. The van der Waals surface area contributed by atoms with Crippen molar-refractivity contribution in [2.45, 2.75) is 12.1 Å². The van der Waals surface area contributed by atoms with Gasteiger partial charge in [-0.25, -0.2) is 15.8 Å². The number of aryl methyl sites for hydroxylation is 1. The Kier molecular flexibility index (Phi) is 3.30. The number of aromatic nitrogens is 2. The Balaban J connectivity index is 3.19. The second-order valence-electron chi connectivity index (χ2n) is 2.10. The molecule has 0 aliphatic rings. The van der Waals surface area contributed by atoms with Gasteiger partial charge < -0.3 is 5.43 Å². The predicted molar refractivity (Wildman–Crippen MR) is 54.1 cm³/mol. The number of hydrogen-bond donors (Lipinski definition) is 2. The van der Waals surface area contributed by atoms with Crippen molar-refractivity contribution in [2.75, 3.05) is 11.7 Å². The van der Waals surface area contributed by atoms with Crippen molar-refractivity contribution in [3.05, 3.63) is 10.2 Å². The van der Waals surface area contributed by atoms with E-state index in [4.69, 9.17) is 5.84 Å². The molecule has 1 aromatic heterocycles. The third-order valence-corrected chi connectivity index (χ3v) is 2.81. The van der Waals surface area contributed by atoms with Gasteiger partial charge in [-0.15, -0.1) is 0 Å². The molecule has 0 aromatic carbocycles. The van der Waals surface area contributed by atoms with Crippen LogP contribution in [0.2, 0.25) is 0 Å². The van der Waals surface area contributed by atoms with E-state index in [1.54, 1.807) is 0 Å². The van der Waals surface area contributed by atoms with E-state index in [2.05, 4.69) is 31.3 Å². The fourth-order valence-electron chi connectivity index (χ4n) is 0.721. The van der Waals surface area contributed by atoms with Gasteiger partial charge in [0.1, 0.15) is 0 Å². The average molecular weight is 249 g/mol. The van der Waals surface area contributed by atoms with Gasteiger partial charge in [-0.3, -0.25) is 0 Å². The van der Waals surface area contributed by atoms with Crippen LogP contribution in [0.15, 0.2) is 9.63 Å². The molecule has 66 valence electrons. The summed E-state index contributed by atoms with van der Waals surface area (Å²) in [5, 5.41) is 0.712. The number of rotatable bonds is 2. The number of hydrazine groups is 1. The number of nitrogens with two attached hydrogens (primary N) is 1. The van der Waals surface area contributed by atoms with Gasteiger partial charge in [-0.05, 0) is 29.1 Å². The molecule has 0 radical (unpaired) electrons. The van der Waals surface area contributed by atoms with Gasteiger partial charge in [-0.1, -0.05) is 11.8 Å². The lowest BCUT2D eigenvalue weighted by molar-refractivity contribution is 0.923. The third-order valence-electron chi connectivity index (χ3n) is 1.32. The van der Waals surface area contributed by atoms with Crippen LogP contribution < -0.4 is 11.3 Å². The molecule has 0 unspecified atom stereocenters. The van der Waals surface area contributed by atoms with E-state index in [-0.39, 0.29) is 0 Å². The molecule has 4 nitrogen and oxygen atoms in total. The maximum Gasteiger partial charge on any atom is 0.189 e. The van der Waals surface area contributed by atoms with Crippen molar-refractivity contribution in [1.82, 2.24) is 9.97 Å². The molecule has 0 atom stereocenters. The van der Waals surface area contributed by atoms with Crippen LogP contribution in [-0.2, 0) is 0 Å². The van der Waals surface area contributed by atoms with Crippen LogP contribution >= 0.6 is 27.7 Å². The number of nitrogen functional groups attached to an aromatic ring is 1. The molecule has 0 aliphatic carbocycles. The van der Waals surface area contributed by atoms with Crippen LogP contribution in [0.3, 0.4) is 0 Å². The van der Waals surface area contributed by atoms with Gasteiger partial charge in [0.25, 0.3) is 0 Å². The van der Waals surface area contributed by atoms with E-state index in [9.17, 15) is 0 Å². The number of anilines is 1. The zero-order valence-corrected chi connectivity index (χ0v) is 9.16. The second kappa shape index (κ2) is 4.06. The van der Waals surface area contributed by atoms with Crippen molar-refractivity contribution in [3.8, 4) is 0 Å². The highest BCUT2D eigenvalue weighted by atomic mass is 79.9. The van der Waals surface area contributed by atoms with E-state index in [0.29, 0.717) is 11.0 Å². The maximum atomic E-state index is 5.26. The molecule has 0 bridgehead atoms. The van der Waals surface area contributed by atoms with Gasteiger partial charge in [0.05, 0.1) is 10.2 Å². The van der Waals surface area contributed by atoms with E-state index < -0.39 is 0 Å². The van der Waals surface area contributed by atoms with Gasteiger partial charge in [0, 0.05) is 0 Å². The Bertz CT molecular complexity index is 291. The highest BCUT2D eigenvalue weighted by Crippen LogP contribution is 2.24. The molecule has 0 amide bonds. The summed E-state index contributed by atoms with van der Waals surface area (Å²) in [4.78, 5) is 8.35. The normalized spacial score (nSPS) is 10.0. The first-order valence-corrected chi connectivity index (χ1v) is 5.25. The van der Waals surface area contributed by atoms with Crippen molar-refractivity contribution in [3.63, 3.8) is 0 Å². The topological polar surface area (TPSA) is 63.8 Å². The van der Waals surface area contributed by atoms with Gasteiger partial charge >= 0.3 is 0 Å². The minimum absolute atomic E-state index is 0.617. The van der Waals surface area contributed by atoms with Crippen molar-refractivity contribution >= 4 is 33.5 Å². The highest BCUT2D eigenvalue weighted by molar-refractivity contribution is 9.10. The standard InChI is InChI=1S/C6H9BrN4S/c1-3-4(7)5(11-8)10-6(9-3)12-2/h8H2,1-2H3,(H,9,10,11). The molecule has 0 spiro atoms. The summed E-state index contributed by atoms with van der Waals surface area (Å²) in [5.41, 5.74) is 3.38. The van der Waals surface area contributed by atoms with Crippen LogP contribution in [-0.4, -0.2) is 16.2 Å². The molecule has 1 aromatic rings. The Morgan fingerprint density at radius 3 is 2.67 bits per heavy atom. The number of nitrogens with one attached hydrogen (secondary N) is 1. The molecule has 12 heavy (non-hydrogen) atoms. The second-order valence-corrected chi connectivity index (χ2v) is 3.67. The summed E-state index contributed by atoms with van der Waals surface area (Å²) in [6.07, 6.45) is 1.92. The number of thioether (sulfide) groups is 1. The molecule has 1 rings (SSSR count). The molecule has 1 heterocycles. The zero-order chi connectivity index (χ0) is 9.14. The minimum atomic E-state index is 0.617. The lowest BCUT2D eigenvalue weighted by atomic mass is 10.4. The highest BCUT2D eigenvalue weighted by Gasteiger charge is 2.06. The smallest absolute Gasteiger partial charge is 0.189 e.